The molecule has 2 rings (SSSR count). The maximum atomic E-state index is 9.53. The van der Waals surface area contributed by atoms with Gasteiger partial charge in [0.25, 0.3) is 0 Å². The first kappa shape index (κ1) is 12.4. The molecule has 1 fully saturated rings. The summed E-state index contributed by atoms with van der Waals surface area (Å²) in [5, 5.41) is 18.4. The Morgan fingerprint density at radius 3 is 2.65 bits per heavy atom. The van der Waals surface area contributed by atoms with Crippen LogP contribution in [0, 0.1) is 0 Å². The topological polar surface area (TPSA) is 69.7 Å². The molecule has 1 aliphatic rings. The van der Waals surface area contributed by atoms with Crippen LogP contribution in [0.3, 0.4) is 0 Å². The maximum Gasteiger partial charge on any atom is 0.0897 e. The normalized spacial score (nSPS) is 17.4. The largest absolute Gasteiger partial charge is 0.398 e. The summed E-state index contributed by atoms with van der Waals surface area (Å²) in [6.07, 6.45) is 1.68. The van der Waals surface area contributed by atoms with E-state index in [1.165, 1.54) is 12.8 Å². The van der Waals surface area contributed by atoms with Gasteiger partial charge in [-0.2, -0.15) is 0 Å². The van der Waals surface area contributed by atoms with Crippen molar-refractivity contribution in [1.82, 2.24) is 4.90 Å². The molecule has 1 saturated carbocycles. The Hall–Kier alpha value is -1.10. The summed E-state index contributed by atoms with van der Waals surface area (Å²) < 4.78 is 0. The van der Waals surface area contributed by atoms with Gasteiger partial charge in [0.15, 0.2) is 0 Å². The maximum absolute atomic E-state index is 9.53. The molecular weight excluding hydrogens is 216 g/mol. The highest BCUT2D eigenvalue weighted by molar-refractivity contribution is 5.46. The number of hydrogen-bond donors (Lipinski definition) is 3. The number of hydrogen-bond acceptors (Lipinski definition) is 4. The lowest BCUT2D eigenvalue weighted by Crippen LogP contribution is -2.35. The van der Waals surface area contributed by atoms with Gasteiger partial charge < -0.3 is 15.9 Å². The predicted octanol–water partition coefficient (Wildman–Crippen LogP) is 0.586. The number of benzene rings is 1. The molecule has 0 amide bonds. The first-order chi connectivity index (χ1) is 8.20. The molecule has 0 saturated heterocycles. The van der Waals surface area contributed by atoms with Crippen molar-refractivity contribution in [2.24, 2.45) is 0 Å². The van der Waals surface area contributed by atoms with E-state index in [-0.39, 0.29) is 6.61 Å². The van der Waals surface area contributed by atoms with Gasteiger partial charge in [-0.15, -0.1) is 0 Å². The van der Waals surface area contributed by atoms with Crippen molar-refractivity contribution < 1.29 is 10.2 Å². The molecule has 0 aromatic heterocycles. The molecule has 4 nitrogen and oxygen atoms in total. The van der Waals surface area contributed by atoms with Crippen LogP contribution >= 0.6 is 0 Å². The molecular formula is C13H20N2O2. The summed E-state index contributed by atoms with van der Waals surface area (Å²) in [5.41, 5.74) is 7.79. The van der Waals surface area contributed by atoms with Gasteiger partial charge in [-0.3, -0.25) is 4.90 Å². The van der Waals surface area contributed by atoms with Gasteiger partial charge >= 0.3 is 0 Å². The molecule has 1 aliphatic carbocycles. The van der Waals surface area contributed by atoms with Gasteiger partial charge in [0.2, 0.25) is 0 Å². The Kier molecular flexibility index (Phi) is 3.99. The van der Waals surface area contributed by atoms with Gasteiger partial charge in [-0.1, -0.05) is 18.2 Å². The molecule has 0 spiro atoms. The second-order valence-corrected chi connectivity index (χ2v) is 4.70. The average molecular weight is 236 g/mol. The van der Waals surface area contributed by atoms with Gasteiger partial charge in [0.1, 0.15) is 0 Å². The van der Waals surface area contributed by atoms with Gasteiger partial charge in [-0.05, 0) is 24.5 Å². The number of aliphatic hydroxyl groups is 2. The van der Waals surface area contributed by atoms with Crippen molar-refractivity contribution in [2.45, 2.75) is 31.5 Å². The van der Waals surface area contributed by atoms with Crippen LogP contribution in [0.15, 0.2) is 24.3 Å². The molecule has 0 aliphatic heterocycles. The predicted molar refractivity (Wildman–Crippen MR) is 67.4 cm³/mol. The summed E-state index contributed by atoms with van der Waals surface area (Å²) in [6.45, 7) is 1.07. The lowest BCUT2D eigenvalue weighted by atomic mass is 10.1. The van der Waals surface area contributed by atoms with Crippen molar-refractivity contribution >= 4 is 5.69 Å². The number of aliphatic hydroxyl groups excluding tert-OH is 2. The van der Waals surface area contributed by atoms with E-state index in [1.54, 1.807) is 0 Å². The van der Waals surface area contributed by atoms with Crippen LogP contribution in [0.5, 0.6) is 0 Å². The molecule has 1 unspecified atom stereocenters. The number of nitrogens with two attached hydrogens (primary N) is 1. The Bertz CT molecular complexity index is 366. The molecule has 1 atom stereocenters. The highest BCUT2D eigenvalue weighted by Gasteiger charge is 2.30. The quantitative estimate of drug-likeness (QED) is 0.632. The number of nitrogens with zero attached hydrogens (tertiary/aromatic N) is 1. The number of para-hydroxylation sites is 1. The van der Waals surface area contributed by atoms with E-state index in [0.29, 0.717) is 12.6 Å². The van der Waals surface area contributed by atoms with Crippen LogP contribution in [0.2, 0.25) is 0 Å². The van der Waals surface area contributed by atoms with E-state index in [4.69, 9.17) is 10.8 Å². The van der Waals surface area contributed by atoms with Crippen molar-refractivity contribution in [2.75, 3.05) is 18.9 Å². The summed E-state index contributed by atoms with van der Waals surface area (Å²) >= 11 is 0. The Labute approximate surface area is 102 Å². The lowest BCUT2D eigenvalue weighted by molar-refractivity contribution is 0.0541. The molecule has 17 heavy (non-hydrogen) atoms. The third-order valence-corrected chi connectivity index (χ3v) is 3.15. The standard InChI is InChI=1S/C13H20N2O2/c14-13-4-2-1-3-10(13)7-15(11-5-6-11)8-12(17)9-16/h1-4,11-12,16-17H,5-9,14H2. The van der Waals surface area contributed by atoms with Crippen LogP contribution in [0.4, 0.5) is 5.69 Å². The van der Waals surface area contributed by atoms with Crippen molar-refractivity contribution in [3.05, 3.63) is 29.8 Å². The first-order valence-corrected chi connectivity index (χ1v) is 6.07. The SMILES string of the molecule is Nc1ccccc1CN(CC(O)CO)C1CC1. The van der Waals surface area contributed by atoms with Crippen molar-refractivity contribution in [3.8, 4) is 0 Å². The highest BCUT2D eigenvalue weighted by Crippen LogP contribution is 2.29. The van der Waals surface area contributed by atoms with E-state index in [9.17, 15) is 5.11 Å². The number of anilines is 1. The zero-order valence-electron chi connectivity index (χ0n) is 9.92. The van der Waals surface area contributed by atoms with Crippen molar-refractivity contribution in [1.29, 1.82) is 0 Å². The molecule has 0 radical (unpaired) electrons. The second-order valence-electron chi connectivity index (χ2n) is 4.70. The monoisotopic (exact) mass is 236 g/mol. The Morgan fingerprint density at radius 2 is 2.06 bits per heavy atom. The molecule has 94 valence electrons. The molecule has 4 heteroatoms. The van der Waals surface area contributed by atoms with Crippen LogP contribution in [-0.4, -0.2) is 40.4 Å². The van der Waals surface area contributed by atoms with E-state index in [1.807, 2.05) is 24.3 Å². The number of rotatable bonds is 6. The molecule has 0 heterocycles. The highest BCUT2D eigenvalue weighted by atomic mass is 16.3. The van der Waals surface area contributed by atoms with Gasteiger partial charge in [0.05, 0.1) is 12.7 Å². The molecule has 1 aromatic carbocycles. The van der Waals surface area contributed by atoms with Crippen LogP contribution in [0.1, 0.15) is 18.4 Å². The molecule has 1 aromatic rings. The fraction of sp³-hybridized carbons (Fsp3) is 0.538. The van der Waals surface area contributed by atoms with E-state index >= 15 is 0 Å². The van der Waals surface area contributed by atoms with E-state index < -0.39 is 6.10 Å². The third-order valence-electron chi connectivity index (χ3n) is 3.15. The van der Waals surface area contributed by atoms with Gasteiger partial charge in [-0.25, -0.2) is 0 Å². The van der Waals surface area contributed by atoms with Crippen LogP contribution < -0.4 is 5.73 Å². The summed E-state index contributed by atoms with van der Waals surface area (Å²) in [7, 11) is 0. The minimum Gasteiger partial charge on any atom is -0.398 e. The Morgan fingerprint density at radius 1 is 1.35 bits per heavy atom. The molecule has 0 bridgehead atoms. The fourth-order valence-corrected chi connectivity index (χ4v) is 2.01. The second kappa shape index (κ2) is 5.49. The van der Waals surface area contributed by atoms with Crippen LogP contribution in [-0.2, 0) is 6.54 Å². The Balaban J connectivity index is 2.00. The van der Waals surface area contributed by atoms with E-state index in [2.05, 4.69) is 4.90 Å². The fourth-order valence-electron chi connectivity index (χ4n) is 2.01. The smallest absolute Gasteiger partial charge is 0.0897 e. The third kappa shape index (κ3) is 3.43. The lowest BCUT2D eigenvalue weighted by Gasteiger charge is -2.24. The molecule has 4 N–H and O–H groups in total. The minimum absolute atomic E-state index is 0.187. The van der Waals surface area contributed by atoms with Gasteiger partial charge in [0, 0.05) is 24.8 Å². The summed E-state index contributed by atoms with van der Waals surface area (Å²) in [4.78, 5) is 2.20. The minimum atomic E-state index is -0.666. The zero-order chi connectivity index (χ0) is 12.3. The first-order valence-electron chi connectivity index (χ1n) is 6.07. The summed E-state index contributed by atoms with van der Waals surface area (Å²) in [5.74, 6) is 0. The van der Waals surface area contributed by atoms with E-state index in [0.717, 1.165) is 17.8 Å². The van der Waals surface area contributed by atoms with Crippen LogP contribution in [0.25, 0.3) is 0 Å². The van der Waals surface area contributed by atoms with Crippen molar-refractivity contribution in [3.63, 3.8) is 0 Å². The number of nitrogen functional groups attached to an aromatic ring is 1. The summed E-state index contributed by atoms with van der Waals surface area (Å²) in [6, 6.07) is 8.33. The zero-order valence-corrected chi connectivity index (χ0v) is 9.92. The average Bonchev–Trinajstić information content (AvgIpc) is 3.15.